The molecule has 5 aliphatic rings. The molecule has 0 unspecified atom stereocenters. The first-order valence-corrected chi connectivity index (χ1v) is 15.7. The van der Waals surface area contributed by atoms with Crippen LogP contribution in [0.3, 0.4) is 0 Å². The predicted molar refractivity (Wildman–Crippen MR) is 168 cm³/mol. The number of pyridine rings is 1. The molecule has 1 aliphatic carbocycles. The quantitative estimate of drug-likeness (QED) is 0.220. The zero-order chi connectivity index (χ0) is 35.9. The lowest BCUT2D eigenvalue weighted by atomic mass is 9.89. The van der Waals surface area contributed by atoms with Crippen LogP contribution in [0.15, 0.2) is 30.5 Å². The number of anilines is 1. The Morgan fingerprint density at radius 2 is 1.96 bits per heavy atom. The molecule has 2 aromatic carbocycles. The number of ether oxygens (including phenoxy) is 1. The summed E-state index contributed by atoms with van der Waals surface area (Å²) in [7, 11) is 0. The van der Waals surface area contributed by atoms with Gasteiger partial charge in [-0.3, -0.25) is 9.88 Å². The van der Waals surface area contributed by atoms with Gasteiger partial charge in [-0.05, 0) is 62.2 Å². The second-order valence-electron chi connectivity index (χ2n) is 13.5. The maximum Gasteiger partial charge on any atom is 0.319 e. The summed E-state index contributed by atoms with van der Waals surface area (Å²) in [5.74, 6) is -2.49. The molecule has 4 aliphatic heterocycles. The van der Waals surface area contributed by atoms with Gasteiger partial charge in [0.15, 0.2) is 5.82 Å². The minimum Gasteiger partial charge on any atom is -0.508 e. The van der Waals surface area contributed by atoms with Crippen LogP contribution in [0.5, 0.6) is 11.8 Å². The molecule has 6 heterocycles. The summed E-state index contributed by atoms with van der Waals surface area (Å²) in [6.45, 7) is -4.17. The average molecular weight is 649 g/mol. The van der Waals surface area contributed by atoms with E-state index in [4.69, 9.17) is 13.9 Å². The van der Waals surface area contributed by atoms with E-state index in [1.54, 1.807) is 0 Å². The number of terminal acetylenes is 1. The first-order chi connectivity index (χ1) is 24.1. The number of alkyl halides is 2. The van der Waals surface area contributed by atoms with Gasteiger partial charge in [-0.25, -0.2) is 17.6 Å². The van der Waals surface area contributed by atoms with Crippen LogP contribution in [0.4, 0.5) is 23.4 Å². The van der Waals surface area contributed by atoms with Crippen LogP contribution in [0.2, 0.25) is 0 Å². The number of nitrogens with one attached hydrogen (secondary N) is 1. The van der Waals surface area contributed by atoms with Gasteiger partial charge in [0.2, 0.25) is 0 Å². The molecule has 8 nitrogen and oxygen atoms in total. The topological polar surface area (TPSA) is 86.6 Å². The number of piperazine rings is 1. The normalized spacial score (nSPS) is 31.8. The smallest absolute Gasteiger partial charge is 0.319 e. The second kappa shape index (κ2) is 9.90. The number of benzene rings is 2. The van der Waals surface area contributed by atoms with Gasteiger partial charge in [-0.15, -0.1) is 6.42 Å². The molecule has 0 amide bonds. The van der Waals surface area contributed by atoms with Crippen molar-refractivity contribution in [3.05, 3.63) is 47.7 Å². The second-order valence-corrected chi connectivity index (χ2v) is 13.5. The van der Waals surface area contributed by atoms with Gasteiger partial charge >= 0.3 is 6.01 Å². The predicted octanol–water partition coefficient (Wildman–Crippen LogP) is 5.39. The van der Waals surface area contributed by atoms with Gasteiger partial charge < -0.3 is 20.1 Å². The highest BCUT2D eigenvalue weighted by atomic mass is 19.3. The number of hydrogen-bond donors (Lipinski definition) is 2. The zero-order valence-corrected chi connectivity index (χ0v) is 25.1. The fourth-order valence-electron chi connectivity index (χ4n) is 8.24. The molecule has 12 heteroatoms. The maximum atomic E-state index is 17.0. The van der Waals surface area contributed by atoms with Crippen molar-refractivity contribution in [3.63, 3.8) is 0 Å². The van der Waals surface area contributed by atoms with E-state index < -0.39 is 54.0 Å². The minimum atomic E-state index is -3.06. The van der Waals surface area contributed by atoms with Gasteiger partial charge in [0.25, 0.3) is 5.92 Å². The molecular formula is C35H32F4N6O2. The third-order valence-corrected chi connectivity index (χ3v) is 10.6. The SMILES string of the molecule is [2H]C1([2H])CC[C@]2(C([2H])([2H])Oc3nc(N4C[C@H]5CC[C@@H](C4)N5)c4cnc(-c5cc(O)cc6ccc(F)c(C#C)c56)c(F)c4n3)C[C@]3(CN12)CC3(F)F. The Morgan fingerprint density at radius 3 is 2.70 bits per heavy atom. The van der Waals surface area contributed by atoms with Crippen LogP contribution in [-0.4, -0.2) is 81.2 Å². The summed E-state index contributed by atoms with van der Waals surface area (Å²) in [5, 5.41) is 14.8. The Labute approximate surface area is 273 Å². The van der Waals surface area contributed by atoms with Crippen molar-refractivity contribution >= 4 is 27.5 Å². The number of halogens is 4. The standard InChI is InChI=1S/C35H32F4N6O2/c1-2-23-26(36)7-4-19-10-22(46)11-24(27(19)23)29-28(37)30-25(12-40-29)31(44-13-20-5-6-21(14-44)41-20)43-32(42-30)47-18-34-8-3-9-45(34)17-33(15-34)16-35(33,38)39/h1,4,7,10-12,20-21,41,46H,3,5-6,8-9,13-18H2/t20-,21+,33-,34-/m1/s1/i9D2,18D2. The highest BCUT2D eigenvalue weighted by Gasteiger charge is 2.77. The first kappa shape index (κ1) is 24.9. The highest BCUT2D eigenvalue weighted by molar-refractivity contribution is 6.03. The van der Waals surface area contributed by atoms with Crippen molar-refractivity contribution in [1.29, 1.82) is 0 Å². The number of rotatable bonds is 5. The molecule has 5 fully saturated rings. The summed E-state index contributed by atoms with van der Waals surface area (Å²) in [5.41, 5.74) is -4.10. The van der Waals surface area contributed by atoms with E-state index in [0.717, 1.165) is 18.9 Å². The molecule has 4 saturated heterocycles. The Hall–Kier alpha value is -4.21. The highest BCUT2D eigenvalue weighted by Crippen LogP contribution is 2.69. The van der Waals surface area contributed by atoms with Gasteiger partial charge in [0.1, 0.15) is 35.2 Å². The van der Waals surface area contributed by atoms with Crippen LogP contribution < -0.4 is 15.0 Å². The number of aromatic hydroxyl groups is 1. The zero-order valence-electron chi connectivity index (χ0n) is 29.1. The van der Waals surface area contributed by atoms with Gasteiger partial charge in [0.05, 0.1) is 24.6 Å². The molecule has 0 radical (unpaired) electrons. The van der Waals surface area contributed by atoms with Crippen molar-refractivity contribution < 1.29 is 32.9 Å². The fraction of sp³-hybridized carbons (Fsp3) is 0.457. The minimum absolute atomic E-state index is 0.000592. The van der Waals surface area contributed by atoms with Gasteiger partial charge in [0, 0.05) is 58.0 Å². The van der Waals surface area contributed by atoms with E-state index in [0.29, 0.717) is 18.5 Å². The number of phenolic OH excluding ortho intramolecular Hbond substituents is 1. The number of nitrogens with zero attached hydrogens (tertiary/aromatic N) is 5. The van der Waals surface area contributed by atoms with Crippen molar-refractivity contribution in [2.24, 2.45) is 5.41 Å². The van der Waals surface area contributed by atoms with Crippen molar-refractivity contribution in [2.45, 2.75) is 62.1 Å². The summed E-state index contributed by atoms with van der Waals surface area (Å²) in [6.07, 6.45) is 7.87. The maximum absolute atomic E-state index is 17.0. The third-order valence-electron chi connectivity index (χ3n) is 10.6. The van der Waals surface area contributed by atoms with Crippen LogP contribution >= 0.6 is 0 Å². The Bertz CT molecular complexity index is 2210. The van der Waals surface area contributed by atoms with Crippen molar-refractivity contribution in [3.8, 4) is 35.4 Å². The molecular weight excluding hydrogens is 612 g/mol. The monoisotopic (exact) mass is 648 g/mol. The molecule has 2 bridgehead atoms. The van der Waals surface area contributed by atoms with Crippen LogP contribution in [0.25, 0.3) is 32.9 Å². The summed E-state index contributed by atoms with van der Waals surface area (Å²) in [4.78, 5) is 16.5. The summed E-state index contributed by atoms with van der Waals surface area (Å²) in [6, 6.07) is 4.82. The van der Waals surface area contributed by atoms with E-state index in [-0.39, 0.29) is 82.6 Å². The van der Waals surface area contributed by atoms with E-state index >= 15 is 4.39 Å². The Kier molecular flexibility index (Phi) is 5.25. The molecule has 242 valence electrons. The number of fused-ring (bicyclic) bond motifs is 5. The van der Waals surface area contributed by atoms with Gasteiger partial charge in [-0.1, -0.05) is 12.0 Å². The molecule has 2 N–H and O–H groups in total. The van der Waals surface area contributed by atoms with Crippen LogP contribution in [0, 0.1) is 29.4 Å². The molecule has 1 spiro atoms. The van der Waals surface area contributed by atoms with Crippen molar-refractivity contribution in [2.75, 3.05) is 37.6 Å². The number of aromatic nitrogens is 3. The lowest BCUT2D eigenvalue weighted by Crippen LogP contribution is -2.51. The van der Waals surface area contributed by atoms with Gasteiger partial charge in [-0.2, -0.15) is 9.97 Å². The third kappa shape index (κ3) is 4.32. The molecule has 4 atom stereocenters. The van der Waals surface area contributed by atoms with E-state index in [9.17, 15) is 21.0 Å². The van der Waals surface area contributed by atoms with E-state index in [1.165, 1.54) is 29.3 Å². The lowest BCUT2D eigenvalue weighted by molar-refractivity contribution is 0.0647. The number of phenols is 1. The summed E-state index contributed by atoms with van der Waals surface area (Å²) >= 11 is 0. The molecule has 9 rings (SSSR count). The largest absolute Gasteiger partial charge is 0.508 e. The lowest BCUT2D eigenvalue weighted by Gasteiger charge is -2.34. The molecule has 4 aromatic rings. The molecule has 47 heavy (non-hydrogen) atoms. The molecule has 1 saturated carbocycles. The van der Waals surface area contributed by atoms with E-state index in [2.05, 4.69) is 26.2 Å². The first-order valence-electron chi connectivity index (χ1n) is 17.7. The van der Waals surface area contributed by atoms with Crippen LogP contribution in [-0.2, 0) is 0 Å². The number of hydrogen-bond acceptors (Lipinski definition) is 8. The molecule has 2 aromatic heterocycles. The Balaban J connectivity index is 1.21. The van der Waals surface area contributed by atoms with Crippen LogP contribution in [0.1, 0.15) is 49.6 Å². The fourth-order valence-corrected chi connectivity index (χ4v) is 8.24. The summed E-state index contributed by atoms with van der Waals surface area (Å²) < 4.78 is 103. The van der Waals surface area contributed by atoms with Crippen molar-refractivity contribution in [1.82, 2.24) is 25.2 Å². The van der Waals surface area contributed by atoms with E-state index in [1.807, 2.05) is 4.90 Å². The Morgan fingerprint density at radius 1 is 1.17 bits per heavy atom. The average Bonchev–Trinajstić information content (AvgIpc) is 3.35.